The Morgan fingerprint density at radius 3 is 2.40 bits per heavy atom. The molecule has 2 unspecified atom stereocenters. The van der Waals surface area contributed by atoms with Crippen molar-refractivity contribution in [2.24, 2.45) is 5.92 Å². The number of hydrogen-bond donors (Lipinski definition) is 2. The molecule has 0 aliphatic carbocycles. The van der Waals surface area contributed by atoms with Crippen LogP contribution in [0.15, 0.2) is 16.3 Å². The summed E-state index contributed by atoms with van der Waals surface area (Å²) in [5.41, 5.74) is 0. The Hall–Kier alpha value is -1.41. The minimum Gasteiger partial charge on any atom is -0.480 e. The molecule has 1 rings (SSSR count). The van der Waals surface area contributed by atoms with Gasteiger partial charge in [-0.25, -0.2) is 13.2 Å². The molecule has 0 saturated carbocycles. The second kappa shape index (κ2) is 6.36. The second-order valence-electron chi connectivity index (χ2n) is 4.57. The number of hydrogen-bond acceptors (Lipinski definition) is 5. The molecule has 2 N–H and O–H groups in total. The van der Waals surface area contributed by atoms with Gasteiger partial charge in [0, 0.05) is 6.26 Å². The third kappa shape index (κ3) is 4.04. The second-order valence-corrected chi connectivity index (χ2v) is 7.89. The molecule has 112 valence electrons. The van der Waals surface area contributed by atoms with Crippen LogP contribution in [0, 0.1) is 5.92 Å². The van der Waals surface area contributed by atoms with Crippen LogP contribution < -0.4 is 5.32 Å². The average Bonchev–Trinajstić information content (AvgIpc) is 2.83. The molecule has 0 spiro atoms. The fraction of sp³-hybridized carbons (Fsp3) is 0.500. The Kier molecular flexibility index (Phi) is 5.29. The summed E-state index contributed by atoms with van der Waals surface area (Å²) < 4.78 is 22.8. The fourth-order valence-electron chi connectivity index (χ4n) is 1.54. The highest BCUT2D eigenvalue weighted by Crippen LogP contribution is 2.21. The molecule has 8 heteroatoms. The first-order valence-electron chi connectivity index (χ1n) is 6.00. The van der Waals surface area contributed by atoms with E-state index in [2.05, 4.69) is 5.32 Å². The summed E-state index contributed by atoms with van der Waals surface area (Å²) in [7, 11) is -3.36. The molecule has 0 radical (unpaired) electrons. The van der Waals surface area contributed by atoms with Crippen molar-refractivity contribution in [1.82, 2.24) is 5.32 Å². The number of amides is 1. The summed E-state index contributed by atoms with van der Waals surface area (Å²) in [4.78, 5) is 23.3. The molecule has 0 fully saturated rings. The van der Waals surface area contributed by atoms with E-state index in [0.717, 1.165) is 17.6 Å². The van der Waals surface area contributed by atoms with E-state index in [0.29, 0.717) is 6.42 Å². The lowest BCUT2D eigenvalue weighted by Crippen LogP contribution is -2.44. The quantitative estimate of drug-likeness (QED) is 0.825. The van der Waals surface area contributed by atoms with Crippen molar-refractivity contribution in [3.05, 3.63) is 17.0 Å². The van der Waals surface area contributed by atoms with Gasteiger partial charge in [-0.3, -0.25) is 4.79 Å². The third-order valence-electron chi connectivity index (χ3n) is 2.94. The molecule has 0 bridgehead atoms. The van der Waals surface area contributed by atoms with Crippen LogP contribution in [0.2, 0.25) is 0 Å². The van der Waals surface area contributed by atoms with Crippen LogP contribution in [0.1, 0.15) is 29.9 Å². The molecule has 0 aromatic carbocycles. The molecule has 0 aliphatic rings. The van der Waals surface area contributed by atoms with E-state index >= 15 is 0 Å². The van der Waals surface area contributed by atoms with E-state index in [1.165, 1.54) is 12.1 Å². The molecular weight excluding hydrogens is 302 g/mol. The van der Waals surface area contributed by atoms with Gasteiger partial charge < -0.3 is 10.4 Å². The Morgan fingerprint density at radius 2 is 2.00 bits per heavy atom. The molecule has 1 heterocycles. The zero-order valence-electron chi connectivity index (χ0n) is 11.4. The first kappa shape index (κ1) is 16.6. The molecule has 0 aliphatic heterocycles. The van der Waals surface area contributed by atoms with Gasteiger partial charge in [-0.15, -0.1) is 11.3 Å². The number of rotatable bonds is 6. The Morgan fingerprint density at radius 1 is 1.40 bits per heavy atom. The van der Waals surface area contributed by atoms with E-state index < -0.39 is 27.8 Å². The van der Waals surface area contributed by atoms with Crippen LogP contribution in [0.5, 0.6) is 0 Å². The van der Waals surface area contributed by atoms with Crippen LogP contribution in [-0.2, 0) is 14.6 Å². The first-order chi connectivity index (χ1) is 9.16. The first-order valence-corrected chi connectivity index (χ1v) is 8.71. The van der Waals surface area contributed by atoms with Crippen molar-refractivity contribution in [1.29, 1.82) is 0 Å². The van der Waals surface area contributed by atoms with E-state index in [-0.39, 0.29) is 15.0 Å². The van der Waals surface area contributed by atoms with Gasteiger partial charge in [-0.1, -0.05) is 20.3 Å². The van der Waals surface area contributed by atoms with Gasteiger partial charge in [0.1, 0.15) is 10.3 Å². The van der Waals surface area contributed by atoms with Gasteiger partial charge in [0.2, 0.25) is 0 Å². The van der Waals surface area contributed by atoms with Crippen molar-refractivity contribution in [2.45, 2.75) is 30.5 Å². The van der Waals surface area contributed by atoms with Gasteiger partial charge in [0.15, 0.2) is 9.84 Å². The largest absolute Gasteiger partial charge is 0.480 e. The predicted molar refractivity (Wildman–Crippen MR) is 75.8 cm³/mol. The maximum atomic E-state index is 12.0. The molecule has 6 nitrogen and oxygen atoms in total. The maximum Gasteiger partial charge on any atom is 0.326 e. The normalized spacial score (nSPS) is 14.6. The van der Waals surface area contributed by atoms with Crippen LogP contribution in [-0.4, -0.2) is 37.7 Å². The number of carboxylic acids is 1. The smallest absolute Gasteiger partial charge is 0.326 e. The van der Waals surface area contributed by atoms with Crippen LogP contribution in [0.4, 0.5) is 0 Å². The van der Waals surface area contributed by atoms with Crippen molar-refractivity contribution in [2.75, 3.05) is 6.26 Å². The zero-order chi connectivity index (χ0) is 15.5. The minimum atomic E-state index is -3.36. The van der Waals surface area contributed by atoms with Crippen LogP contribution >= 0.6 is 11.3 Å². The Balaban J connectivity index is 2.90. The topological polar surface area (TPSA) is 101 Å². The molecule has 20 heavy (non-hydrogen) atoms. The molecule has 1 aromatic rings. The van der Waals surface area contributed by atoms with Gasteiger partial charge >= 0.3 is 5.97 Å². The number of thiophene rings is 1. The van der Waals surface area contributed by atoms with Gasteiger partial charge in [0.25, 0.3) is 5.91 Å². The van der Waals surface area contributed by atoms with Crippen molar-refractivity contribution in [3.8, 4) is 0 Å². The van der Waals surface area contributed by atoms with Crippen LogP contribution in [0.3, 0.4) is 0 Å². The van der Waals surface area contributed by atoms with Gasteiger partial charge in [-0.05, 0) is 18.1 Å². The number of nitrogens with one attached hydrogen (secondary N) is 1. The highest BCUT2D eigenvalue weighted by molar-refractivity contribution is 7.92. The zero-order valence-corrected chi connectivity index (χ0v) is 13.0. The Labute approximate surface area is 121 Å². The summed E-state index contributed by atoms with van der Waals surface area (Å²) >= 11 is 0.828. The fourth-order valence-corrected chi connectivity index (χ4v) is 3.37. The molecule has 0 saturated heterocycles. The predicted octanol–water partition coefficient (Wildman–Crippen LogP) is 1.38. The minimum absolute atomic E-state index is 0.0815. The summed E-state index contributed by atoms with van der Waals surface area (Å²) in [5.74, 6) is -1.89. The summed E-state index contributed by atoms with van der Waals surface area (Å²) in [6.07, 6.45) is 1.66. The number of carbonyl (C=O) groups is 2. The number of carboxylic acid groups (broad SMARTS) is 1. The summed E-state index contributed by atoms with van der Waals surface area (Å²) in [6.45, 7) is 3.56. The molecular formula is C12H17NO5S2. The maximum absolute atomic E-state index is 12.0. The average molecular weight is 319 g/mol. The number of sulfone groups is 1. The lowest BCUT2D eigenvalue weighted by Gasteiger charge is -2.19. The van der Waals surface area contributed by atoms with E-state index in [1.807, 2.05) is 6.92 Å². The molecule has 2 atom stereocenters. The standard InChI is InChI=1S/C12H17NO5S2/c1-4-7(2)10(12(15)16)13-11(14)8-5-6-9(19-8)20(3,17)18/h5-7,10H,4H2,1-3H3,(H,13,14)(H,15,16). The van der Waals surface area contributed by atoms with E-state index in [4.69, 9.17) is 5.11 Å². The van der Waals surface area contributed by atoms with Crippen molar-refractivity contribution in [3.63, 3.8) is 0 Å². The third-order valence-corrected chi connectivity index (χ3v) is 5.84. The summed E-state index contributed by atoms with van der Waals surface area (Å²) in [6, 6.07) is 1.73. The molecule has 1 amide bonds. The Bertz CT molecular complexity index is 605. The van der Waals surface area contributed by atoms with Crippen molar-refractivity contribution < 1.29 is 23.1 Å². The van der Waals surface area contributed by atoms with Gasteiger partial charge in [-0.2, -0.15) is 0 Å². The van der Waals surface area contributed by atoms with E-state index in [1.54, 1.807) is 6.92 Å². The summed E-state index contributed by atoms with van der Waals surface area (Å²) in [5, 5.41) is 11.5. The molecule has 1 aromatic heterocycles. The van der Waals surface area contributed by atoms with Crippen LogP contribution in [0.25, 0.3) is 0 Å². The van der Waals surface area contributed by atoms with Crippen molar-refractivity contribution >= 4 is 33.1 Å². The lowest BCUT2D eigenvalue weighted by molar-refractivity contribution is -0.140. The van der Waals surface area contributed by atoms with E-state index in [9.17, 15) is 18.0 Å². The highest BCUT2D eigenvalue weighted by Gasteiger charge is 2.26. The lowest BCUT2D eigenvalue weighted by atomic mass is 9.99. The van der Waals surface area contributed by atoms with Gasteiger partial charge in [0.05, 0.1) is 4.88 Å². The SMILES string of the molecule is CCC(C)C(NC(=O)c1ccc(S(C)(=O)=O)s1)C(=O)O. The highest BCUT2D eigenvalue weighted by atomic mass is 32.2. The number of aliphatic carboxylic acids is 1. The monoisotopic (exact) mass is 319 g/mol. The number of carbonyl (C=O) groups excluding carboxylic acids is 1.